The van der Waals surface area contributed by atoms with Gasteiger partial charge in [0.1, 0.15) is 17.3 Å². The van der Waals surface area contributed by atoms with Crippen LogP contribution >= 0.6 is 0 Å². The van der Waals surface area contributed by atoms with E-state index >= 15 is 0 Å². The lowest BCUT2D eigenvalue weighted by Crippen LogP contribution is -2.31. The van der Waals surface area contributed by atoms with Crippen molar-refractivity contribution in [2.45, 2.75) is 6.92 Å². The molecule has 0 aliphatic carbocycles. The predicted molar refractivity (Wildman–Crippen MR) is 85.9 cm³/mol. The van der Waals surface area contributed by atoms with E-state index in [4.69, 9.17) is 15.9 Å². The summed E-state index contributed by atoms with van der Waals surface area (Å²) in [5.41, 5.74) is 7.42. The van der Waals surface area contributed by atoms with Crippen LogP contribution in [-0.2, 0) is 0 Å². The average Bonchev–Trinajstić information content (AvgIpc) is 2.70. The number of hydrogen-bond donors (Lipinski definition) is 3. The Balaban J connectivity index is 2.17. The van der Waals surface area contributed by atoms with Crippen molar-refractivity contribution in [3.63, 3.8) is 0 Å². The highest BCUT2D eigenvalue weighted by molar-refractivity contribution is 6.41. The van der Waals surface area contributed by atoms with Gasteiger partial charge in [0.2, 0.25) is 0 Å². The summed E-state index contributed by atoms with van der Waals surface area (Å²) in [6.07, 6.45) is 1.42. The van der Waals surface area contributed by atoms with Crippen LogP contribution < -0.4 is 15.8 Å². The maximum Gasteiger partial charge on any atom is 0.255 e. The quantitative estimate of drug-likeness (QED) is 0.724. The van der Waals surface area contributed by atoms with E-state index in [2.05, 4.69) is 15.3 Å². The van der Waals surface area contributed by atoms with Crippen LogP contribution in [0.25, 0.3) is 0 Å². The van der Waals surface area contributed by atoms with Gasteiger partial charge in [0, 0.05) is 5.56 Å². The second-order valence-electron chi connectivity index (χ2n) is 4.63. The molecule has 0 bridgehead atoms. The molecule has 7 heteroatoms. The first kappa shape index (κ1) is 15.4. The molecule has 22 heavy (non-hydrogen) atoms. The lowest BCUT2D eigenvalue weighted by atomic mass is 10.2. The van der Waals surface area contributed by atoms with Gasteiger partial charge in [-0.1, -0.05) is 0 Å². The van der Waals surface area contributed by atoms with Crippen molar-refractivity contribution in [1.29, 1.82) is 5.41 Å². The Morgan fingerprint density at radius 1 is 1.36 bits per heavy atom. The third kappa shape index (κ3) is 3.57. The number of hydrogen-bond acceptors (Lipinski definition) is 6. The van der Waals surface area contributed by atoms with E-state index in [1.54, 1.807) is 38.3 Å². The van der Waals surface area contributed by atoms with Crippen molar-refractivity contribution in [3.05, 3.63) is 41.7 Å². The molecule has 0 unspecified atom stereocenters. The van der Waals surface area contributed by atoms with Crippen molar-refractivity contribution >= 4 is 23.2 Å². The minimum absolute atomic E-state index is 0.182. The summed E-state index contributed by atoms with van der Waals surface area (Å²) in [6.45, 7) is 1.85. The summed E-state index contributed by atoms with van der Waals surface area (Å²) in [7, 11) is 1.56. The van der Waals surface area contributed by atoms with Crippen LogP contribution in [0, 0.1) is 5.41 Å². The van der Waals surface area contributed by atoms with Crippen LogP contribution in [0.3, 0.4) is 0 Å². The molecule has 0 fully saturated rings. The highest BCUT2D eigenvalue weighted by Crippen LogP contribution is 2.11. The summed E-state index contributed by atoms with van der Waals surface area (Å²) >= 11 is 0. The average molecular weight is 299 g/mol. The van der Waals surface area contributed by atoms with Crippen LogP contribution in [0.15, 0.2) is 46.1 Å². The zero-order valence-electron chi connectivity index (χ0n) is 12.4. The van der Waals surface area contributed by atoms with Crippen molar-refractivity contribution in [2.75, 3.05) is 13.7 Å². The molecule has 0 spiro atoms. The molecule has 114 valence electrons. The van der Waals surface area contributed by atoms with Crippen molar-refractivity contribution < 1.29 is 9.53 Å². The van der Waals surface area contributed by atoms with E-state index < -0.39 is 0 Å². The van der Waals surface area contributed by atoms with Gasteiger partial charge < -0.3 is 21.2 Å². The fourth-order valence-corrected chi connectivity index (χ4v) is 1.74. The highest BCUT2D eigenvalue weighted by Gasteiger charge is 2.13. The van der Waals surface area contributed by atoms with Crippen molar-refractivity contribution in [2.24, 2.45) is 15.7 Å². The number of benzene rings is 1. The lowest BCUT2D eigenvalue weighted by Gasteiger charge is -2.08. The number of ether oxygens (including phenoxy) is 1. The Labute approximate surface area is 128 Å². The van der Waals surface area contributed by atoms with E-state index in [9.17, 15) is 4.79 Å². The van der Waals surface area contributed by atoms with Gasteiger partial charge in [-0.25, -0.2) is 0 Å². The molecule has 1 aromatic carbocycles. The van der Waals surface area contributed by atoms with Crippen LogP contribution in [0.4, 0.5) is 0 Å². The third-order valence-electron chi connectivity index (χ3n) is 3.06. The van der Waals surface area contributed by atoms with E-state index in [0.29, 0.717) is 28.4 Å². The first-order chi connectivity index (χ1) is 10.5. The Hall–Kier alpha value is -2.96. The molecular weight excluding hydrogens is 282 g/mol. The minimum Gasteiger partial charge on any atom is -0.497 e. The highest BCUT2D eigenvalue weighted by atomic mass is 16.5. The molecule has 1 aliphatic rings. The standard InChI is InChI=1S/C15H17N5O2/c1-9(16)12-7-19-14(17)13(8-18-12)20-15(21)10-3-5-11(22-2)6-4-10/h3-6,8,16H,7H2,1-2H3,(H2,17,19)(H,20,21). The van der Waals surface area contributed by atoms with Gasteiger partial charge in [0.15, 0.2) is 0 Å². The molecule has 0 saturated heterocycles. The molecule has 0 aromatic heterocycles. The van der Waals surface area contributed by atoms with E-state index in [1.807, 2.05) is 0 Å². The number of rotatable bonds is 4. The third-order valence-corrected chi connectivity index (χ3v) is 3.06. The first-order valence-electron chi connectivity index (χ1n) is 6.59. The number of amidine groups is 1. The normalized spacial score (nSPS) is 14.2. The first-order valence-corrected chi connectivity index (χ1v) is 6.59. The summed E-state index contributed by atoms with van der Waals surface area (Å²) in [5, 5.41) is 10.2. The Morgan fingerprint density at radius 3 is 2.64 bits per heavy atom. The zero-order valence-corrected chi connectivity index (χ0v) is 12.4. The van der Waals surface area contributed by atoms with Crippen LogP contribution in [0.1, 0.15) is 17.3 Å². The molecule has 4 N–H and O–H groups in total. The summed E-state index contributed by atoms with van der Waals surface area (Å²) in [5.74, 6) is 0.529. The van der Waals surface area contributed by atoms with Crippen LogP contribution in [-0.4, -0.2) is 36.8 Å². The van der Waals surface area contributed by atoms with Gasteiger partial charge in [0.05, 0.1) is 31.3 Å². The summed E-state index contributed by atoms with van der Waals surface area (Å²) in [4.78, 5) is 20.4. The fraction of sp³-hybridized carbons (Fsp3) is 0.200. The molecule has 0 atom stereocenters. The topological polar surface area (TPSA) is 113 Å². The maximum absolute atomic E-state index is 12.2. The largest absolute Gasteiger partial charge is 0.497 e. The van der Waals surface area contributed by atoms with Gasteiger partial charge >= 0.3 is 0 Å². The second-order valence-corrected chi connectivity index (χ2v) is 4.63. The Bertz CT molecular complexity index is 686. The summed E-state index contributed by atoms with van der Waals surface area (Å²) < 4.78 is 5.05. The van der Waals surface area contributed by atoms with E-state index in [0.717, 1.165) is 0 Å². The van der Waals surface area contributed by atoms with Crippen molar-refractivity contribution in [1.82, 2.24) is 5.32 Å². The molecule has 2 rings (SSSR count). The Kier molecular flexibility index (Phi) is 4.67. The van der Waals surface area contributed by atoms with Crippen molar-refractivity contribution in [3.8, 4) is 5.75 Å². The Morgan fingerprint density at radius 2 is 2.05 bits per heavy atom. The SMILES string of the molecule is COc1ccc(C(=O)NC2=CN=C(C(C)=N)CN=C2N)cc1. The van der Waals surface area contributed by atoms with Crippen LogP contribution in [0.5, 0.6) is 5.75 Å². The van der Waals surface area contributed by atoms with Gasteiger partial charge in [-0.2, -0.15) is 0 Å². The van der Waals surface area contributed by atoms with Gasteiger partial charge in [-0.3, -0.25) is 14.8 Å². The molecule has 0 saturated carbocycles. The molecular formula is C15H17N5O2. The van der Waals surface area contributed by atoms with E-state index in [1.165, 1.54) is 6.20 Å². The molecule has 0 radical (unpaired) electrons. The molecule has 1 aromatic rings. The number of nitrogens with zero attached hydrogens (tertiary/aromatic N) is 2. The maximum atomic E-state index is 12.2. The van der Waals surface area contributed by atoms with Gasteiger partial charge in [-0.15, -0.1) is 0 Å². The number of amides is 1. The predicted octanol–water partition coefficient (Wildman–Crippen LogP) is 1.12. The van der Waals surface area contributed by atoms with Crippen LogP contribution in [0.2, 0.25) is 0 Å². The number of aliphatic imine (C=N–C) groups is 2. The second kappa shape index (κ2) is 6.66. The molecule has 1 heterocycles. The number of nitrogens with two attached hydrogens (primary N) is 1. The number of nitrogens with one attached hydrogen (secondary N) is 2. The smallest absolute Gasteiger partial charge is 0.255 e. The van der Waals surface area contributed by atoms with Gasteiger partial charge in [-0.05, 0) is 31.2 Å². The number of carbonyl (C=O) groups is 1. The number of methoxy groups -OCH3 is 1. The lowest BCUT2D eigenvalue weighted by molar-refractivity contribution is 0.0967. The fourth-order valence-electron chi connectivity index (χ4n) is 1.74. The van der Waals surface area contributed by atoms with E-state index in [-0.39, 0.29) is 18.3 Å². The monoisotopic (exact) mass is 299 g/mol. The molecule has 7 nitrogen and oxygen atoms in total. The summed E-state index contributed by atoms with van der Waals surface area (Å²) in [6, 6.07) is 6.69. The zero-order chi connectivity index (χ0) is 16.1. The molecule has 1 aliphatic heterocycles. The molecule has 1 amide bonds. The minimum atomic E-state index is -0.322. The number of carbonyl (C=O) groups excluding carboxylic acids is 1. The van der Waals surface area contributed by atoms with Gasteiger partial charge in [0.25, 0.3) is 5.91 Å².